The van der Waals surface area contributed by atoms with Gasteiger partial charge in [-0.05, 0) is 20.4 Å². The van der Waals surface area contributed by atoms with E-state index in [0.717, 1.165) is 49.0 Å². The predicted molar refractivity (Wildman–Crippen MR) is 88.7 cm³/mol. The first-order valence-electron chi connectivity index (χ1n) is 7.94. The highest BCUT2D eigenvalue weighted by Gasteiger charge is 2.17. The Morgan fingerprint density at radius 2 is 2.13 bits per heavy atom. The Hall–Kier alpha value is -2.28. The predicted octanol–water partition coefficient (Wildman–Crippen LogP) is 0.553. The first-order chi connectivity index (χ1) is 11.1. The van der Waals surface area contributed by atoms with Crippen LogP contribution in [0.5, 0.6) is 0 Å². The Bertz CT molecular complexity index is 742. The number of H-pyrrole nitrogens is 1. The summed E-state index contributed by atoms with van der Waals surface area (Å²) in [5.74, 6) is 1.72. The second-order valence-corrected chi connectivity index (χ2v) is 5.93. The van der Waals surface area contributed by atoms with Crippen LogP contribution in [0.25, 0.3) is 0 Å². The molecule has 23 heavy (non-hydrogen) atoms. The molecule has 0 bridgehead atoms. The summed E-state index contributed by atoms with van der Waals surface area (Å²) >= 11 is 0. The smallest absolute Gasteiger partial charge is 0.250 e. The van der Waals surface area contributed by atoms with E-state index >= 15 is 0 Å². The molecule has 0 aromatic carbocycles. The lowest BCUT2D eigenvalue weighted by Crippen LogP contribution is -2.20. The normalized spacial score (nSPS) is 15.0. The van der Waals surface area contributed by atoms with Crippen LogP contribution in [0, 0.1) is 6.92 Å². The SMILES string of the molecule is Cc1nc2c(c(NCCc3cc(=O)[nH]cn3)n1)CCN(C)CC2. The van der Waals surface area contributed by atoms with Gasteiger partial charge in [0.05, 0.1) is 12.0 Å². The van der Waals surface area contributed by atoms with Gasteiger partial charge in [-0.25, -0.2) is 15.0 Å². The average molecular weight is 314 g/mol. The number of nitrogens with one attached hydrogen (secondary N) is 2. The third kappa shape index (κ3) is 3.92. The number of rotatable bonds is 4. The van der Waals surface area contributed by atoms with Crippen molar-refractivity contribution in [3.63, 3.8) is 0 Å². The average Bonchev–Trinajstić information content (AvgIpc) is 2.69. The van der Waals surface area contributed by atoms with Gasteiger partial charge in [-0.2, -0.15) is 0 Å². The van der Waals surface area contributed by atoms with Crippen molar-refractivity contribution in [1.82, 2.24) is 24.8 Å². The van der Waals surface area contributed by atoms with Crippen LogP contribution in [0.15, 0.2) is 17.2 Å². The lowest BCUT2D eigenvalue weighted by molar-refractivity contribution is 0.352. The fourth-order valence-corrected chi connectivity index (χ4v) is 2.84. The van der Waals surface area contributed by atoms with Gasteiger partial charge < -0.3 is 15.2 Å². The van der Waals surface area contributed by atoms with Crippen LogP contribution in [0.3, 0.4) is 0 Å². The molecule has 0 atom stereocenters. The Morgan fingerprint density at radius 1 is 1.30 bits per heavy atom. The molecule has 0 unspecified atom stereocenters. The number of nitrogens with zero attached hydrogens (tertiary/aromatic N) is 4. The molecule has 0 saturated heterocycles. The maximum absolute atomic E-state index is 11.3. The molecule has 122 valence electrons. The zero-order valence-electron chi connectivity index (χ0n) is 13.6. The number of fused-ring (bicyclic) bond motifs is 1. The summed E-state index contributed by atoms with van der Waals surface area (Å²) in [6.07, 6.45) is 4.03. The standard InChI is InChI=1S/C16H22N6O/c1-11-20-14-5-8-22(2)7-4-13(14)16(21-11)17-6-3-12-9-15(23)19-10-18-12/h9-10H,3-8H2,1-2H3,(H,17,20,21)(H,18,19,23). The molecule has 3 rings (SSSR count). The Morgan fingerprint density at radius 3 is 2.96 bits per heavy atom. The molecule has 0 fully saturated rings. The lowest BCUT2D eigenvalue weighted by atomic mass is 10.1. The summed E-state index contributed by atoms with van der Waals surface area (Å²) < 4.78 is 0. The first-order valence-corrected chi connectivity index (χ1v) is 7.94. The highest BCUT2D eigenvalue weighted by molar-refractivity contribution is 5.47. The molecule has 0 saturated carbocycles. The molecule has 1 aliphatic rings. The number of anilines is 1. The molecule has 3 heterocycles. The fraction of sp³-hybridized carbons (Fsp3) is 0.500. The van der Waals surface area contributed by atoms with Gasteiger partial charge in [0.1, 0.15) is 11.6 Å². The number of aromatic nitrogens is 4. The van der Waals surface area contributed by atoms with Crippen LogP contribution < -0.4 is 10.9 Å². The van der Waals surface area contributed by atoms with Gasteiger partial charge >= 0.3 is 0 Å². The van der Waals surface area contributed by atoms with Crippen LogP contribution in [0.4, 0.5) is 5.82 Å². The van der Waals surface area contributed by atoms with Gasteiger partial charge in [0, 0.05) is 49.8 Å². The molecule has 7 nitrogen and oxygen atoms in total. The van der Waals surface area contributed by atoms with Crippen LogP contribution in [0.2, 0.25) is 0 Å². The van der Waals surface area contributed by atoms with Crippen LogP contribution in [0.1, 0.15) is 22.8 Å². The van der Waals surface area contributed by atoms with Crippen molar-refractivity contribution in [1.29, 1.82) is 0 Å². The number of aryl methyl sites for hydroxylation is 1. The summed E-state index contributed by atoms with van der Waals surface area (Å²) in [5.41, 5.74) is 3.03. The molecule has 7 heteroatoms. The van der Waals surface area contributed by atoms with E-state index in [9.17, 15) is 4.79 Å². The molecule has 0 amide bonds. The molecule has 2 aromatic heterocycles. The largest absolute Gasteiger partial charge is 0.369 e. The van der Waals surface area contributed by atoms with Gasteiger partial charge in [0.2, 0.25) is 0 Å². The first kappa shape index (κ1) is 15.6. The van der Waals surface area contributed by atoms with Crippen LogP contribution >= 0.6 is 0 Å². The third-order valence-corrected chi connectivity index (χ3v) is 4.09. The van der Waals surface area contributed by atoms with Gasteiger partial charge in [-0.1, -0.05) is 0 Å². The Kier molecular flexibility index (Phi) is 4.66. The van der Waals surface area contributed by atoms with E-state index in [2.05, 4.69) is 37.2 Å². The highest BCUT2D eigenvalue weighted by atomic mass is 16.1. The summed E-state index contributed by atoms with van der Waals surface area (Å²) in [5, 5.41) is 3.40. The number of aromatic amines is 1. The monoisotopic (exact) mass is 314 g/mol. The van der Waals surface area contributed by atoms with Crippen molar-refractivity contribution in [3.05, 3.63) is 45.5 Å². The van der Waals surface area contributed by atoms with Crippen molar-refractivity contribution < 1.29 is 0 Å². The Labute approximate surface area is 135 Å². The molecule has 0 spiro atoms. The van der Waals surface area contributed by atoms with E-state index in [1.807, 2.05) is 6.92 Å². The molecule has 1 aliphatic heterocycles. The van der Waals surface area contributed by atoms with Crippen molar-refractivity contribution >= 4 is 5.82 Å². The summed E-state index contributed by atoms with van der Waals surface area (Å²) in [4.78, 5) is 29.5. The molecular formula is C16H22N6O. The van der Waals surface area contributed by atoms with Crippen molar-refractivity contribution in [3.8, 4) is 0 Å². The second-order valence-electron chi connectivity index (χ2n) is 5.93. The van der Waals surface area contributed by atoms with E-state index in [-0.39, 0.29) is 5.56 Å². The fourth-order valence-electron chi connectivity index (χ4n) is 2.84. The number of hydrogen-bond acceptors (Lipinski definition) is 6. The lowest BCUT2D eigenvalue weighted by Gasteiger charge is -2.13. The molecular weight excluding hydrogens is 292 g/mol. The zero-order chi connectivity index (χ0) is 16.2. The van der Waals surface area contributed by atoms with Gasteiger partial charge in [-0.15, -0.1) is 0 Å². The van der Waals surface area contributed by atoms with Gasteiger partial charge in [0.25, 0.3) is 5.56 Å². The summed E-state index contributed by atoms with van der Waals surface area (Å²) in [6.45, 7) is 4.66. The number of likely N-dealkylation sites (N-methyl/N-ethyl adjacent to an activating group) is 1. The van der Waals surface area contributed by atoms with E-state index in [0.29, 0.717) is 13.0 Å². The molecule has 0 aliphatic carbocycles. The molecule has 0 radical (unpaired) electrons. The molecule has 2 N–H and O–H groups in total. The maximum Gasteiger partial charge on any atom is 0.250 e. The van der Waals surface area contributed by atoms with Crippen molar-refractivity contribution in [2.45, 2.75) is 26.2 Å². The summed E-state index contributed by atoms with van der Waals surface area (Å²) in [6, 6.07) is 1.53. The topological polar surface area (TPSA) is 86.8 Å². The highest BCUT2D eigenvalue weighted by Crippen LogP contribution is 2.21. The van der Waals surface area contributed by atoms with Crippen molar-refractivity contribution in [2.75, 3.05) is 32.0 Å². The van der Waals surface area contributed by atoms with Crippen molar-refractivity contribution in [2.24, 2.45) is 0 Å². The van der Waals surface area contributed by atoms with E-state index in [4.69, 9.17) is 0 Å². The quantitative estimate of drug-likeness (QED) is 0.857. The Balaban J connectivity index is 1.72. The summed E-state index contributed by atoms with van der Waals surface area (Å²) in [7, 11) is 2.14. The van der Waals surface area contributed by atoms with E-state index in [1.54, 1.807) is 0 Å². The number of hydrogen-bond donors (Lipinski definition) is 2. The van der Waals surface area contributed by atoms with E-state index < -0.39 is 0 Å². The molecule has 2 aromatic rings. The second kappa shape index (κ2) is 6.87. The minimum atomic E-state index is -0.121. The maximum atomic E-state index is 11.3. The van der Waals surface area contributed by atoms with Gasteiger partial charge in [-0.3, -0.25) is 4.79 Å². The van der Waals surface area contributed by atoms with Crippen LogP contribution in [-0.2, 0) is 19.3 Å². The zero-order valence-corrected chi connectivity index (χ0v) is 13.6. The minimum absolute atomic E-state index is 0.121. The minimum Gasteiger partial charge on any atom is -0.369 e. The van der Waals surface area contributed by atoms with E-state index in [1.165, 1.54) is 18.0 Å². The van der Waals surface area contributed by atoms with Gasteiger partial charge in [0.15, 0.2) is 0 Å². The third-order valence-electron chi connectivity index (χ3n) is 4.09. The van der Waals surface area contributed by atoms with Crippen LogP contribution in [-0.4, -0.2) is 51.5 Å².